The van der Waals surface area contributed by atoms with Crippen molar-refractivity contribution in [2.24, 2.45) is 7.05 Å². The Labute approximate surface area is 280 Å². The number of para-hydroxylation sites is 1. The highest BCUT2D eigenvalue weighted by Crippen LogP contribution is 2.37. The predicted molar refractivity (Wildman–Crippen MR) is 188 cm³/mol. The Morgan fingerprint density at radius 1 is 0.979 bits per heavy atom. The van der Waals surface area contributed by atoms with Gasteiger partial charge < -0.3 is 18.9 Å². The predicted octanol–water partition coefficient (Wildman–Crippen LogP) is 5.68. The van der Waals surface area contributed by atoms with Crippen LogP contribution in [0.5, 0.6) is 11.6 Å². The topological polar surface area (TPSA) is 82.5 Å². The zero-order valence-corrected chi connectivity index (χ0v) is 29.7. The first kappa shape index (κ1) is 34.7. The summed E-state index contributed by atoms with van der Waals surface area (Å²) in [6, 6.07) is 12.4. The lowest BCUT2D eigenvalue weighted by Gasteiger charge is -2.37. The van der Waals surface area contributed by atoms with Gasteiger partial charge in [-0.3, -0.25) is 24.8 Å². The number of hydrogen-bond donors (Lipinski definition) is 1. The Hall–Kier alpha value is -3.60. The molecular formula is C37H54N6O4. The number of ether oxygens (including phenoxy) is 2. The van der Waals surface area contributed by atoms with Crippen molar-refractivity contribution in [3.63, 3.8) is 0 Å². The number of methoxy groups -OCH3 is 1. The van der Waals surface area contributed by atoms with Crippen LogP contribution in [0.2, 0.25) is 0 Å². The van der Waals surface area contributed by atoms with Gasteiger partial charge in [0.15, 0.2) is 0 Å². The maximum atomic E-state index is 13.4. The van der Waals surface area contributed by atoms with Gasteiger partial charge in [0.1, 0.15) is 5.75 Å². The third-order valence-corrected chi connectivity index (χ3v) is 9.94. The number of aromatic nitrogens is 1. The van der Waals surface area contributed by atoms with Gasteiger partial charge in [-0.1, -0.05) is 58.9 Å². The average Bonchev–Trinajstić information content (AvgIpc) is 3.61. The van der Waals surface area contributed by atoms with E-state index in [1.807, 2.05) is 34.7 Å². The molecular weight excluding hydrogens is 592 g/mol. The quantitative estimate of drug-likeness (QED) is 0.304. The molecule has 1 atom stereocenters. The molecule has 3 heterocycles. The average molecular weight is 647 g/mol. The van der Waals surface area contributed by atoms with Crippen molar-refractivity contribution in [1.82, 2.24) is 24.2 Å². The van der Waals surface area contributed by atoms with Crippen LogP contribution in [0.4, 0.5) is 10.5 Å². The molecule has 2 aliphatic heterocycles. The molecule has 1 N–H and O–H groups in total. The minimum Gasteiger partial charge on any atom is -0.494 e. The van der Waals surface area contributed by atoms with Crippen LogP contribution >= 0.6 is 0 Å². The number of aryl methyl sites for hydroxylation is 1. The van der Waals surface area contributed by atoms with E-state index in [4.69, 9.17) is 9.47 Å². The number of amides is 2. The molecule has 2 saturated heterocycles. The van der Waals surface area contributed by atoms with Crippen LogP contribution in [0.25, 0.3) is 10.9 Å². The van der Waals surface area contributed by atoms with Crippen LogP contribution in [0, 0.1) is 0 Å². The summed E-state index contributed by atoms with van der Waals surface area (Å²) >= 11 is 0. The molecule has 10 nitrogen and oxygen atoms in total. The number of anilines is 1. The standard InChI is InChI=1S/C37H54N6O4/c1-9-41(10-2)25-28-21-29(37(3,4)5)23-30(34(28)46-8)38-36(45)47-32-22-26-13-11-14-27(33(26)40(32)7)24-42-17-19-43(20-18-42)35(44)31-15-12-16-39(31)6/h11,13-14,21-23,31H,9-10,12,15-20,24-25H2,1-8H3,(H,38,45)/t31-/m0/s1. The minimum atomic E-state index is -0.565. The van der Waals surface area contributed by atoms with Crippen LogP contribution in [0.15, 0.2) is 36.4 Å². The molecule has 10 heteroatoms. The fraction of sp³-hybridized carbons (Fsp3) is 0.568. The molecule has 2 aromatic carbocycles. The van der Waals surface area contributed by atoms with E-state index in [-0.39, 0.29) is 17.4 Å². The minimum absolute atomic E-state index is 0.0346. The van der Waals surface area contributed by atoms with E-state index in [1.54, 1.807) is 7.11 Å². The fourth-order valence-electron chi connectivity index (χ4n) is 6.99. The van der Waals surface area contributed by atoms with Gasteiger partial charge in [-0.05, 0) is 62.1 Å². The third kappa shape index (κ3) is 7.77. The summed E-state index contributed by atoms with van der Waals surface area (Å²) in [5.74, 6) is 1.39. The Kier molecular flexibility index (Phi) is 10.8. The molecule has 0 unspecified atom stereocenters. The van der Waals surface area contributed by atoms with Crippen LogP contribution in [-0.4, -0.2) is 102 Å². The van der Waals surface area contributed by atoms with E-state index in [0.717, 1.165) is 99.3 Å². The SMILES string of the molecule is CCN(CC)Cc1cc(C(C)(C)C)cc(NC(=O)Oc2cc3cccc(CN4CCN(C(=O)[C@@H]5CCCN5C)CC4)c3n2C)c1OC. The molecule has 1 aromatic heterocycles. The first-order chi connectivity index (χ1) is 22.4. The van der Waals surface area contributed by atoms with E-state index >= 15 is 0 Å². The molecule has 3 aromatic rings. The Morgan fingerprint density at radius 2 is 1.70 bits per heavy atom. The van der Waals surface area contributed by atoms with Crippen LogP contribution < -0.4 is 14.8 Å². The molecule has 0 bridgehead atoms. The van der Waals surface area contributed by atoms with E-state index in [1.165, 1.54) is 0 Å². The van der Waals surface area contributed by atoms with Crippen molar-refractivity contribution < 1.29 is 19.1 Å². The van der Waals surface area contributed by atoms with Gasteiger partial charge in [-0.15, -0.1) is 0 Å². The normalized spacial score (nSPS) is 17.9. The van der Waals surface area contributed by atoms with Crippen LogP contribution in [0.1, 0.15) is 64.2 Å². The molecule has 0 aliphatic carbocycles. The number of nitrogens with one attached hydrogen (secondary N) is 1. The first-order valence-corrected chi connectivity index (χ1v) is 17.1. The molecule has 0 saturated carbocycles. The highest BCUT2D eigenvalue weighted by atomic mass is 16.6. The monoisotopic (exact) mass is 646 g/mol. The lowest BCUT2D eigenvalue weighted by molar-refractivity contribution is -0.137. The van der Waals surface area contributed by atoms with Crippen molar-refractivity contribution >= 4 is 28.6 Å². The van der Waals surface area contributed by atoms with E-state index in [9.17, 15) is 9.59 Å². The second-order valence-corrected chi connectivity index (χ2v) is 14.1. The van der Waals surface area contributed by atoms with Gasteiger partial charge in [0.25, 0.3) is 0 Å². The van der Waals surface area contributed by atoms with Crippen molar-refractivity contribution in [3.05, 3.63) is 53.1 Å². The summed E-state index contributed by atoms with van der Waals surface area (Å²) in [5.41, 5.74) is 4.83. The molecule has 2 amide bonds. The molecule has 256 valence electrons. The number of nitrogens with zero attached hydrogens (tertiary/aromatic N) is 5. The van der Waals surface area contributed by atoms with Gasteiger partial charge >= 0.3 is 6.09 Å². The number of piperazine rings is 1. The number of carbonyl (C=O) groups excluding carboxylic acids is 2. The van der Waals surface area contributed by atoms with Crippen molar-refractivity contribution in [1.29, 1.82) is 0 Å². The summed E-state index contributed by atoms with van der Waals surface area (Å²) in [6.45, 7) is 18.3. The maximum absolute atomic E-state index is 13.4. The number of rotatable bonds is 10. The fourth-order valence-corrected chi connectivity index (χ4v) is 6.99. The molecule has 47 heavy (non-hydrogen) atoms. The second kappa shape index (κ2) is 14.7. The number of hydrogen-bond acceptors (Lipinski definition) is 7. The molecule has 5 rings (SSSR count). The summed E-state index contributed by atoms with van der Waals surface area (Å²) in [5, 5.41) is 4.01. The number of benzene rings is 2. The Morgan fingerprint density at radius 3 is 2.32 bits per heavy atom. The van der Waals surface area contributed by atoms with Crippen LogP contribution in [0.3, 0.4) is 0 Å². The summed E-state index contributed by atoms with van der Waals surface area (Å²) in [4.78, 5) is 35.5. The summed E-state index contributed by atoms with van der Waals surface area (Å²) in [7, 11) is 5.64. The van der Waals surface area contributed by atoms with E-state index in [0.29, 0.717) is 17.3 Å². The maximum Gasteiger partial charge on any atom is 0.418 e. The first-order valence-electron chi connectivity index (χ1n) is 17.1. The third-order valence-electron chi connectivity index (χ3n) is 9.94. The largest absolute Gasteiger partial charge is 0.494 e. The smallest absolute Gasteiger partial charge is 0.418 e. The highest BCUT2D eigenvalue weighted by molar-refractivity contribution is 5.91. The Bertz CT molecular complexity index is 1560. The lowest BCUT2D eigenvalue weighted by Crippen LogP contribution is -2.52. The van der Waals surface area contributed by atoms with Crippen LogP contribution in [-0.2, 0) is 30.3 Å². The van der Waals surface area contributed by atoms with Gasteiger partial charge in [0.05, 0.1) is 24.4 Å². The van der Waals surface area contributed by atoms with Crippen molar-refractivity contribution in [3.8, 4) is 11.6 Å². The van der Waals surface area contributed by atoms with E-state index in [2.05, 4.69) is 79.9 Å². The number of fused-ring (bicyclic) bond motifs is 1. The molecule has 0 radical (unpaired) electrons. The van der Waals surface area contributed by atoms with Gasteiger partial charge in [-0.2, -0.15) is 0 Å². The molecule has 2 aliphatic rings. The Balaban J connectivity index is 1.30. The second-order valence-electron chi connectivity index (χ2n) is 14.1. The number of carbonyl (C=O) groups is 2. The number of likely N-dealkylation sites (tertiary alicyclic amines) is 1. The summed E-state index contributed by atoms with van der Waals surface area (Å²) < 4.78 is 13.8. The highest BCUT2D eigenvalue weighted by Gasteiger charge is 2.33. The molecule has 0 spiro atoms. The summed E-state index contributed by atoms with van der Waals surface area (Å²) in [6.07, 6.45) is 1.49. The van der Waals surface area contributed by atoms with Crippen molar-refractivity contribution in [2.45, 2.75) is 72.0 Å². The number of likely N-dealkylation sites (N-methyl/N-ethyl adjacent to an activating group) is 1. The van der Waals surface area contributed by atoms with E-state index < -0.39 is 6.09 Å². The molecule has 2 fully saturated rings. The van der Waals surface area contributed by atoms with Gasteiger partial charge in [-0.25, -0.2) is 4.79 Å². The van der Waals surface area contributed by atoms with Crippen molar-refractivity contribution in [2.75, 3.05) is 65.3 Å². The zero-order valence-electron chi connectivity index (χ0n) is 29.7. The zero-order chi connectivity index (χ0) is 33.9. The lowest BCUT2D eigenvalue weighted by atomic mass is 9.85. The van der Waals surface area contributed by atoms with Gasteiger partial charge in [0.2, 0.25) is 11.8 Å². The van der Waals surface area contributed by atoms with Gasteiger partial charge in [0, 0.05) is 63.3 Å².